The van der Waals surface area contributed by atoms with Gasteiger partial charge in [0.05, 0.1) is 0 Å². The lowest BCUT2D eigenvalue weighted by molar-refractivity contribution is 0.303. The molecule has 0 bridgehead atoms. The highest BCUT2D eigenvalue weighted by Gasteiger charge is 2.07. The zero-order valence-corrected chi connectivity index (χ0v) is 13.6. The minimum absolute atomic E-state index is 0.386. The van der Waals surface area contributed by atoms with Gasteiger partial charge in [0, 0.05) is 27.7 Å². The molecule has 2 aromatic carbocycles. The summed E-state index contributed by atoms with van der Waals surface area (Å²) in [6.07, 6.45) is 1.44. The number of anilines is 1. The van der Waals surface area contributed by atoms with Crippen molar-refractivity contribution in [3.8, 4) is 5.75 Å². The molecule has 5 nitrogen and oxygen atoms in total. The van der Waals surface area contributed by atoms with Gasteiger partial charge in [0.25, 0.3) is 0 Å². The van der Waals surface area contributed by atoms with Crippen LogP contribution in [0.1, 0.15) is 11.1 Å². The summed E-state index contributed by atoms with van der Waals surface area (Å²) in [6, 6.07) is 13.1. The fourth-order valence-electron chi connectivity index (χ4n) is 2.07. The number of aromatic nitrogens is 3. The summed E-state index contributed by atoms with van der Waals surface area (Å²) in [5.41, 5.74) is 1.85. The molecule has 0 aliphatic heterocycles. The second-order valence-corrected chi connectivity index (χ2v) is 5.66. The van der Waals surface area contributed by atoms with Crippen molar-refractivity contribution in [3.05, 3.63) is 70.0 Å². The highest BCUT2D eigenvalue weighted by Crippen LogP contribution is 2.25. The lowest BCUT2D eigenvalue weighted by Crippen LogP contribution is -2.05. The minimum atomic E-state index is 0.386. The number of ether oxygens (including phenoxy) is 1. The molecule has 0 spiro atoms. The number of benzene rings is 2. The third kappa shape index (κ3) is 4.15. The summed E-state index contributed by atoms with van der Waals surface area (Å²) >= 11 is 12.2. The number of nitrogens with one attached hydrogen (secondary N) is 2. The van der Waals surface area contributed by atoms with E-state index in [2.05, 4.69) is 20.5 Å². The van der Waals surface area contributed by atoms with Gasteiger partial charge in [0.1, 0.15) is 18.7 Å². The molecule has 3 rings (SSSR count). The van der Waals surface area contributed by atoms with E-state index in [1.165, 1.54) is 6.33 Å². The van der Waals surface area contributed by atoms with Gasteiger partial charge in [0.15, 0.2) is 0 Å². The van der Waals surface area contributed by atoms with Crippen molar-refractivity contribution in [1.82, 2.24) is 15.2 Å². The van der Waals surface area contributed by atoms with E-state index in [0.29, 0.717) is 29.1 Å². The average Bonchev–Trinajstić information content (AvgIpc) is 3.07. The molecule has 3 aromatic rings. The number of rotatable bonds is 6. The Labute approximate surface area is 143 Å². The first-order chi connectivity index (χ1) is 11.2. The normalized spacial score (nSPS) is 10.5. The molecule has 0 aliphatic rings. The van der Waals surface area contributed by atoms with Crippen molar-refractivity contribution in [1.29, 1.82) is 0 Å². The molecule has 23 heavy (non-hydrogen) atoms. The summed E-state index contributed by atoms with van der Waals surface area (Å²) in [5.74, 6) is 1.32. The number of aromatic amines is 1. The Balaban J connectivity index is 1.72. The first kappa shape index (κ1) is 15.6. The number of halogens is 2. The SMILES string of the molecule is Clc1ccc(OCc2ccccc2Cl)c(CNc2ncn[nH]2)c1. The van der Waals surface area contributed by atoms with Gasteiger partial charge in [-0.1, -0.05) is 41.4 Å². The van der Waals surface area contributed by atoms with Crippen LogP contribution in [0.5, 0.6) is 5.75 Å². The summed E-state index contributed by atoms with van der Waals surface area (Å²) < 4.78 is 5.90. The third-order valence-electron chi connectivity index (χ3n) is 3.22. The zero-order valence-electron chi connectivity index (χ0n) is 12.1. The van der Waals surface area contributed by atoms with Crippen LogP contribution in [0.4, 0.5) is 5.95 Å². The highest BCUT2D eigenvalue weighted by molar-refractivity contribution is 6.31. The molecule has 0 saturated heterocycles. The van der Waals surface area contributed by atoms with Gasteiger partial charge >= 0.3 is 0 Å². The zero-order chi connectivity index (χ0) is 16.1. The largest absolute Gasteiger partial charge is 0.488 e. The van der Waals surface area contributed by atoms with Crippen molar-refractivity contribution in [2.24, 2.45) is 0 Å². The van der Waals surface area contributed by atoms with Crippen LogP contribution in [-0.4, -0.2) is 15.2 Å². The Morgan fingerprint density at radius 3 is 2.74 bits per heavy atom. The van der Waals surface area contributed by atoms with Crippen molar-refractivity contribution in [3.63, 3.8) is 0 Å². The standard InChI is InChI=1S/C16H14Cl2N4O/c17-13-5-6-15(23-9-11-3-1-2-4-14(11)18)12(7-13)8-19-16-20-10-21-22-16/h1-7,10H,8-9H2,(H2,19,20,21,22). The molecule has 7 heteroatoms. The molecule has 0 unspecified atom stereocenters. The predicted octanol–water partition coefficient (Wildman–Crippen LogP) is 4.30. The number of hydrogen-bond donors (Lipinski definition) is 2. The molecule has 0 amide bonds. The quantitative estimate of drug-likeness (QED) is 0.696. The fraction of sp³-hybridized carbons (Fsp3) is 0.125. The molecule has 0 fully saturated rings. The topological polar surface area (TPSA) is 62.8 Å². The van der Waals surface area contributed by atoms with E-state index in [9.17, 15) is 0 Å². The maximum atomic E-state index is 6.15. The van der Waals surface area contributed by atoms with Crippen molar-refractivity contribution in [2.45, 2.75) is 13.2 Å². The first-order valence-corrected chi connectivity index (χ1v) is 7.72. The summed E-state index contributed by atoms with van der Waals surface area (Å²) in [4.78, 5) is 4.02. The highest BCUT2D eigenvalue weighted by atomic mass is 35.5. The average molecular weight is 349 g/mol. The van der Waals surface area contributed by atoms with Crippen LogP contribution < -0.4 is 10.1 Å². The van der Waals surface area contributed by atoms with Crippen LogP contribution in [0.2, 0.25) is 10.0 Å². The maximum Gasteiger partial charge on any atom is 0.218 e. The molecule has 0 radical (unpaired) electrons. The second kappa shape index (κ2) is 7.35. The fourth-order valence-corrected chi connectivity index (χ4v) is 2.45. The van der Waals surface area contributed by atoms with Crippen molar-refractivity contribution < 1.29 is 4.74 Å². The Morgan fingerprint density at radius 2 is 1.96 bits per heavy atom. The van der Waals surface area contributed by atoms with Gasteiger partial charge in [-0.25, -0.2) is 10.1 Å². The van der Waals surface area contributed by atoms with Gasteiger partial charge < -0.3 is 10.1 Å². The third-order valence-corrected chi connectivity index (χ3v) is 3.83. The van der Waals surface area contributed by atoms with Gasteiger partial charge in [0.2, 0.25) is 5.95 Å². The smallest absolute Gasteiger partial charge is 0.218 e. The molecular formula is C16H14Cl2N4O. The van der Waals surface area contributed by atoms with Crippen LogP contribution >= 0.6 is 23.2 Å². The van der Waals surface area contributed by atoms with E-state index >= 15 is 0 Å². The molecule has 2 N–H and O–H groups in total. The first-order valence-electron chi connectivity index (χ1n) is 6.96. The van der Waals surface area contributed by atoms with Crippen LogP contribution in [0.25, 0.3) is 0 Å². The minimum Gasteiger partial charge on any atom is -0.488 e. The summed E-state index contributed by atoms with van der Waals surface area (Å²) in [6.45, 7) is 0.893. The van der Waals surface area contributed by atoms with E-state index in [0.717, 1.165) is 16.9 Å². The van der Waals surface area contributed by atoms with E-state index in [1.54, 1.807) is 6.07 Å². The van der Waals surface area contributed by atoms with Crippen LogP contribution in [0, 0.1) is 0 Å². The molecule has 118 valence electrons. The summed E-state index contributed by atoms with van der Waals surface area (Å²) in [7, 11) is 0. The van der Waals surface area contributed by atoms with Crippen LogP contribution in [0.15, 0.2) is 48.8 Å². The Bertz CT molecular complexity index is 778. The number of H-pyrrole nitrogens is 1. The molecule has 1 aromatic heterocycles. The van der Waals surface area contributed by atoms with E-state index in [1.807, 2.05) is 36.4 Å². The van der Waals surface area contributed by atoms with Gasteiger partial charge in [-0.15, -0.1) is 0 Å². The molecule has 0 saturated carbocycles. The Morgan fingerprint density at radius 1 is 1.09 bits per heavy atom. The molecule has 0 aliphatic carbocycles. The summed E-state index contributed by atoms with van der Waals surface area (Å²) in [5, 5.41) is 11.0. The predicted molar refractivity (Wildman–Crippen MR) is 90.9 cm³/mol. The monoisotopic (exact) mass is 348 g/mol. The maximum absolute atomic E-state index is 6.15. The van der Waals surface area contributed by atoms with Crippen LogP contribution in [-0.2, 0) is 13.2 Å². The van der Waals surface area contributed by atoms with E-state index < -0.39 is 0 Å². The van der Waals surface area contributed by atoms with E-state index in [4.69, 9.17) is 27.9 Å². The lowest BCUT2D eigenvalue weighted by atomic mass is 10.2. The van der Waals surface area contributed by atoms with Gasteiger partial charge in [-0.3, -0.25) is 0 Å². The molecular weight excluding hydrogens is 335 g/mol. The van der Waals surface area contributed by atoms with Crippen molar-refractivity contribution >= 4 is 29.2 Å². The molecule has 0 atom stereocenters. The van der Waals surface area contributed by atoms with E-state index in [-0.39, 0.29) is 0 Å². The Hall–Kier alpha value is -2.24. The second-order valence-electron chi connectivity index (χ2n) is 4.82. The van der Waals surface area contributed by atoms with Crippen LogP contribution in [0.3, 0.4) is 0 Å². The lowest BCUT2D eigenvalue weighted by Gasteiger charge is -2.13. The Kier molecular flexibility index (Phi) is 5.00. The number of hydrogen-bond acceptors (Lipinski definition) is 4. The number of nitrogens with zero attached hydrogens (tertiary/aromatic N) is 2. The van der Waals surface area contributed by atoms with Gasteiger partial charge in [-0.2, -0.15) is 5.10 Å². The van der Waals surface area contributed by atoms with Gasteiger partial charge in [-0.05, 0) is 24.3 Å². The molecule has 1 heterocycles. The van der Waals surface area contributed by atoms with Crippen molar-refractivity contribution in [2.75, 3.05) is 5.32 Å².